The predicted octanol–water partition coefficient (Wildman–Crippen LogP) is 4.39. The molecule has 0 bridgehead atoms. The number of hydrogen-bond donors (Lipinski definition) is 0. The molecule has 0 amide bonds. The molecule has 2 aromatic carbocycles. The second-order valence-electron chi connectivity index (χ2n) is 5.71. The van der Waals surface area contributed by atoms with Crippen LogP contribution in [-0.4, -0.2) is 25.1 Å². The van der Waals surface area contributed by atoms with Gasteiger partial charge in [0.25, 0.3) is 0 Å². The number of methoxy groups -OCH3 is 1. The third kappa shape index (κ3) is 3.42. The van der Waals surface area contributed by atoms with E-state index in [2.05, 4.69) is 4.90 Å². The number of anilines is 1. The molecule has 0 spiro atoms. The van der Waals surface area contributed by atoms with Gasteiger partial charge in [-0.2, -0.15) is 0 Å². The Morgan fingerprint density at radius 2 is 1.75 bits per heavy atom. The Morgan fingerprint density at radius 1 is 1.04 bits per heavy atom. The van der Waals surface area contributed by atoms with Crippen molar-refractivity contribution in [3.63, 3.8) is 0 Å². The lowest BCUT2D eigenvalue weighted by Gasteiger charge is -2.30. The first-order valence-corrected chi connectivity index (χ1v) is 8.03. The Balaban J connectivity index is 2.02. The molecule has 1 heterocycles. The van der Waals surface area contributed by atoms with E-state index in [1.54, 1.807) is 18.2 Å². The van der Waals surface area contributed by atoms with Gasteiger partial charge in [-0.1, -0.05) is 18.2 Å². The monoisotopic (exact) mass is 328 g/mol. The number of ether oxygens (including phenoxy) is 2. The first-order valence-electron chi connectivity index (χ1n) is 8.03. The lowest BCUT2D eigenvalue weighted by molar-refractivity contribution is -0.385. The summed E-state index contributed by atoms with van der Waals surface area (Å²) in [5.74, 6) is 1.30. The SMILES string of the molecule is COc1cc([N+](=O)[O-])c(Oc2ccccc2)cc1N1CCCCC1. The van der Waals surface area contributed by atoms with Crippen molar-refractivity contribution in [1.29, 1.82) is 0 Å². The number of nitrogens with zero attached hydrogens (tertiary/aromatic N) is 2. The number of benzene rings is 2. The molecule has 6 heteroatoms. The first-order chi connectivity index (χ1) is 11.7. The van der Waals surface area contributed by atoms with E-state index in [1.807, 2.05) is 18.2 Å². The summed E-state index contributed by atoms with van der Waals surface area (Å²) in [5.41, 5.74) is 0.741. The molecule has 0 aromatic heterocycles. The van der Waals surface area contributed by atoms with Crippen LogP contribution in [0.4, 0.5) is 11.4 Å². The fourth-order valence-electron chi connectivity index (χ4n) is 2.92. The van der Waals surface area contributed by atoms with Crippen molar-refractivity contribution in [3.05, 3.63) is 52.6 Å². The summed E-state index contributed by atoms with van der Waals surface area (Å²) >= 11 is 0. The van der Waals surface area contributed by atoms with Gasteiger partial charge in [0, 0.05) is 19.2 Å². The van der Waals surface area contributed by atoms with E-state index in [1.165, 1.54) is 19.6 Å². The zero-order valence-corrected chi connectivity index (χ0v) is 13.6. The van der Waals surface area contributed by atoms with Crippen LogP contribution in [0, 0.1) is 10.1 Å². The highest BCUT2D eigenvalue weighted by Gasteiger charge is 2.24. The summed E-state index contributed by atoms with van der Waals surface area (Å²) in [6.07, 6.45) is 3.42. The number of hydrogen-bond acceptors (Lipinski definition) is 5. The van der Waals surface area contributed by atoms with Crippen molar-refractivity contribution in [2.45, 2.75) is 19.3 Å². The average molecular weight is 328 g/mol. The molecule has 0 N–H and O–H groups in total. The zero-order chi connectivity index (χ0) is 16.9. The van der Waals surface area contributed by atoms with Crippen molar-refractivity contribution in [1.82, 2.24) is 0 Å². The Bertz CT molecular complexity index is 712. The fraction of sp³-hybridized carbons (Fsp3) is 0.333. The van der Waals surface area contributed by atoms with Crippen LogP contribution in [0.25, 0.3) is 0 Å². The van der Waals surface area contributed by atoms with Gasteiger partial charge >= 0.3 is 5.69 Å². The zero-order valence-electron chi connectivity index (χ0n) is 13.6. The summed E-state index contributed by atoms with van der Waals surface area (Å²) in [5, 5.41) is 11.4. The molecule has 2 aromatic rings. The molecule has 126 valence electrons. The van der Waals surface area contributed by atoms with Gasteiger partial charge in [0.15, 0.2) is 0 Å². The summed E-state index contributed by atoms with van der Waals surface area (Å²) in [7, 11) is 1.53. The van der Waals surface area contributed by atoms with E-state index in [-0.39, 0.29) is 11.4 Å². The Labute approximate surface area is 140 Å². The van der Waals surface area contributed by atoms with E-state index in [0.717, 1.165) is 31.6 Å². The molecular weight excluding hydrogens is 308 g/mol. The number of nitro benzene ring substituents is 1. The highest BCUT2D eigenvalue weighted by atomic mass is 16.6. The topological polar surface area (TPSA) is 64.8 Å². The lowest BCUT2D eigenvalue weighted by atomic mass is 10.1. The maximum atomic E-state index is 11.4. The number of para-hydroxylation sites is 1. The van der Waals surface area contributed by atoms with Crippen molar-refractivity contribution >= 4 is 11.4 Å². The van der Waals surface area contributed by atoms with E-state index in [0.29, 0.717) is 11.5 Å². The molecule has 1 aliphatic rings. The van der Waals surface area contributed by atoms with Crippen molar-refractivity contribution in [3.8, 4) is 17.2 Å². The molecule has 3 rings (SSSR count). The van der Waals surface area contributed by atoms with Crippen LogP contribution < -0.4 is 14.4 Å². The standard InChI is InChI=1S/C18H20N2O4/c1-23-17-13-16(20(21)22)18(24-14-8-4-2-5-9-14)12-15(17)19-10-6-3-7-11-19/h2,4-5,8-9,12-13H,3,6-7,10-11H2,1H3. The van der Waals surface area contributed by atoms with Crippen LogP contribution in [0.2, 0.25) is 0 Å². The van der Waals surface area contributed by atoms with Gasteiger partial charge in [0.1, 0.15) is 11.5 Å². The average Bonchev–Trinajstić information content (AvgIpc) is 2.63. The van der Waals surface area contributed by atoms with Crippen LogP contribution in [0.5, 0.6) is 17.2 Å². The summed E-state index contributed by atoms with van der Waals surface area (Å²) in [6.45, 7) is 1.83. The third-order valence-corrected chi connectivity index (χ3v) is 4.12. The Hall–Kier alpha value is -2.76. The molecule has 0 saturated carbocycles. The predicted molar refractivity (Wildman–Crippen MR) is 92.2 cm³/mol. The van der Waals surface area contributed by atoms with Gasteiger partial charge in [-0.05, 0) is 31.4 Å². The molecule has 0 aliphatic carbocycles. The van der Waals surface area contributed by atoms with Gasteiger partial charge in [-0.25, -0.2) is 0 Å². The van der Waals surface area contributed by atoms with E-state index >= 15 is 0 Å². The second kappa shape index (κ2) is 7.21. The largest absolute Gasteiger partial charge is 0.494 e. The van der Waals surface area contributed by atoms with Gasteiger partial charge in [0.2, 0.25) is 5.75 Å². The summed E-state index contributed by atoms with van der Waals surface area (Å²) in [4.78, 5) is 13.2. The minimum absolute atomic E-state index is 0.100. The highest BCUT2D eigenvalue weighted by molar-refractivity contribution is 5.68. The van der Waals surface area contributed by atoms with E-state index < -0.39 is 4.92 Å². The third-order valence-electron chi connectivity index (χ3n) is 4.12. The van der Waals surface area contributed by atoms with Crippen LogP contribution >= 0.6 is 0 Å². The Morgan fingerprint density at radius 3 is 2.38 bits per heavy atom. The van der Waals surface area contributed by atoms with Crippen LogP contribution in [0.3, 0.4) is 0 Å². The molecule has 6 nitrogen and oxygen atoms in total. The minimum Gasteiger partial charge on any atom is -0.494 e. The number of nitro groups is 1. The van der Waals surface area contributed by atoms with Gasteiger partial charge in [-0.15, -0.1) is 0 Å². The quantitative estimate of drug-likeness (QED) is 0.602. The molecule has 0 unspecified atom stereocenters. The molecule has 24 heavy (non-hydrogen) atoms. The van der Waals surface area contributed by atoms with Crippen LogP contribution in [0.15, 0.2) is 42.5 Å². The Kier molecular flexibility index (Phi) is 4.84. The van der Waals surface area contributed by atoms with Crippen molar-refractivity contribution in [2.75, 3.05) is 25.1 Å². The van der Waals surface area contributed by atoms with Crippen LogP contribution in [-0.2, 0) is 0 Å². The first kappa shape index (κ1) is 16.1. The minimum atomic E-state index is -0.444. The number of rotatable bonds is 5. The molecule has 0 atom stereocenters. The fourth-order valence-corrected chi connectivity index (χ4v) is 2.92. The molecular formula is C18H20N2O4. The maximum Gasteiger partial charge on any atom is 0.315 e. The molecule has 0 radical (unpaired) electrons. The normalized spacial score (nSPS) is 14.3. The van der Waals surface area contributed by atoms with Gasteiger partial charge < -0.3 is 14.4 Å². The maximum absolute atomic E-state index is 11.4. The highest BCUT2D eigenvalue weighted by Crippen LogP contribution is 2.42. The van der Waals surface area contributed by atoms with Crippen molar-refractivity contribution in [2.24, 2.45) is 0 Å². The van der Waals surface area contributed by atoms with Gasteiger partial charge in [-0.3, -0.25) is 10.1 Å². The number of piperidine rings is 1. The lowest BCUT2D eigenvalue weighted by Crippen LogP contribution is -2.29. The van der Waals surface area contributed by atoms with Crippen molar-refractivity contribution < 1.29 is 14.4 Å². The molecule has 1 fully saturated rings. The van der Waals surface area contributed by atoms with E-state index in [9.17, 15) is 10.1 Å². The summed E-state index contributed by atoms with van der Waals surface area (Å²) < 4.78 is 11.2. The van der Waals surface area contributed by atoms with Gasteiger partial charge in [0.05, 0.1) is 23.8 Å². The van der Waals surface area contributed by atoms with E-state index in [4.69, 9.17) is 9.47 Å². The second-order valence-corrected chi connectivity index (χ2v) is 5.71. The smallest absolute Gasteiger partial charge is 0.315 e. The van der Waals surface area contributed by atoms with Crippen LogP contribution in [0.1, 0.15) is 19.3 Å². The summed E-state index contributed by atoms with van der Waals surface area (Å²) in [6, 6.07) is 12.2. The molecule has 1 saturated heterocycles. The molecule has 1 aliphatic heterocycles.